The van der Waals surface area contributed by atoms with Crippen LogP contribution in [0.5, 0.6) is 0 Å². The van der Waals surface area contributed by atoms with Gasteiger partial charge in [-0.3, -0.25) is 0 Å². The predicted octanol–water partition coefficient (Wildman–Crippen LogP) is 3.88. The summed E-state index contributed by atoms with van der Waals surface area (Å²) in [7, 11) is -3.31. The molecule has 2 aromatic carbocycles. The van der Waals surface area contributed by atoms with E-state index in [0.29, 0.717) is 16.8 Å². The van der Waals surface area contributed by atoms with Gasteiger partial charge in [0.1, 0.15) is 5.69 Å². The molecule has 0 aliphatic rings. The van der Waals surface area contributed by atoms with E-state index in [-0.39, 0.29) is 10.6 Å². The van der Waals surface area contributed by atoms with Crippen LogP contribution in [0.25, 0.3) is 16.8 Å². The molecule has 0 atom stereocenters. The molecule has 1 aromatic heterocycles. The van der Waals surface area contributed by atoms with E-state index in [1.807, 2.05) is 0 Å². The minimum absolute atomic E-state index is 0.163. The Balaban J connectivity index is 2.07. The molecule has 0 unspecified atom stereocenters. The van der Waals surface area contributed by atoms with Crippen molar-refractivity contribution in [2.45, 2.75) is 11.3 Å². The molecule has 4 nitrogen and oxygen atoms in total. The highest BCUT2D eigenvalue weighted by molar-refractivity contribution is 7.90. The normalized spacial score (nSPS) is 11.8. The van der Waals surface area contributed by atoms with Crippen molar-refractivity contribution in [2.24, 2.45) is 0 Å². The van der Waals surface area contributed by atoms with Crippen LogP contribution >= 0.6 is 0 Å². The van der Waals surface area contributed by atoms with Crippen LogP contribution in [-0.2, 0) is 9.84 Å². The summed E-state index contributed by atoms with van der Waals surface area (Å²) in [5, 5.41) is 3.97. The number of hydrogen-bond donors (Lipinski definition) is 0. The van der Waals surface area contributed by atoms with Gasteiger partial charge in [-0.05, 0) is 29.8 Å². The van der Waals surface area contributed by atoms with Gasteiger partial charge in [0, 0.05) is 18.0 Å². The third-order valence-electron chi connectivity index (χ3n) is 3.56. The Morgan fingerprint density at radius 2 is 1.62 bits per heavy atom. The summed E-state index contributed by atoms with van der Waals surface area (Å²) in [6.07, 6.45) is -0.0818. The first-order valence-corrected chi connectivity index (χ1v) is 8.99. The lowest BCUT2D eigenvalue weighted by Crippen LogP contribution is -1.99. The van der Waals surface area contributed by atoms with Crippen LogP contribution in [0, 0.1) is 0 Å². The average Bonchev–Trinajstić information content (AvgIpc) is 3.00. The second-order valence-corrected chi connectivity index (χ2v) is 7.32. The zero-order valence-corrected chi connectivity index (χ0v) is 13.5. The van der Waals surface area contributed by atoms with Crippen molar-refractivity contribution in [3.8, 4) is 16.8 Å². The minimum Gasteiger partial charge on any atom is -0.240 e. The molecular formula is C17H14F2N2O2S. The van der Waals surface area contributed by atoms with Crippen molar-refractivity contribution in [1.29, 1.82) is 0 Å². The van der Waals surface area contributed by atoms with Crippen molar-refractivity contribution in [3.63, 3.8) is 0 Å². The Hall–Kier alpha value is -2.54. The quantitative estimate of drug-likeness (QED) is 0.719. The lowest BCUT2D eigenvalue weighted by molar-refractivity contribution is 0.146. The van der Waals surface area contributed by atoms with Crippen molar-refractivity contribution < 1.29 is 17.2 Å². The standard InChI is InChI=1S/C17H14F2N2O2S/c1-24(22,23)14-9-7-13(8-10-14)21-11-15(16(20-21)17(18)19)12-5-3-2-4-6-12/h2-11,17H,1H3. The summed E-state index contributed by atoms with van der Waals surface area (Å²) in [6, 6.07) is 14.7. The van der Waals surface area contributed by atoms with Crippen molar-refractivity contribution >= 4 is 9.84 Å². The Morgan fingerprint density at radius 1 is 1.00 bits per heavy atom. The summed E-state index contributed by atoms with van der Waals surface area (Å²) in [6.45, 7) is 0. The number of halogens is 2. The number of alkyl halides is 2. The first-order valence-electron chi connectivity index (χ1n) is 7.10. The first kappa shape index (κ1) is 16.3. The van der Waals surface area contributed by atoms with Crippen molar-refractivity contribution in [1.82, 2.24) is 9.78 Å². The van der Waals surface area contributed by atoms with Gasteiger partial charge in [0.05, 0.1) is 10.6 Å². The number of rotatable bonds is 4. The molecule has 0 saturated heterocycles. The van der Waals surface area contributed by atoms with Crippen LogP contribution in [0.1, 0.15) is 12.1 Å². The zero-order valence-electron chi connectivity index (χ0n) is 12.7. The average molecular weight is 348 g/mol. The Labute approximate surface area is 138 Å². The molecule has 3 rings (SSSR count). The third kappa shape index (κ3) is 3.21. The fraction of sp³-hybridized carbons (Fsp3) is 0.118. The smallest absolute Gasteiger partial charge is 0.240 e. The molecule has 0 radical (unpaired) electrons. The predicted molar refractivity (Wildman–Crippen MR) is 87.1 cm³/mol. The van der Waals surface area contributed by atoms with Gasteiger partial charge in [-0.1, -0.05) is 30.3 Å². The fourth-order valence-electron chi connectivity index (χ4n) is 2.37. The first-order chi connectivity index (χ1) is 11.4. The second kappa shape index (κ2) is 6.16. The van der Waals surface area contributed by atoms with E-state index < -0.39 is 16.3 Å². The molecule has 0 fully saturated rings. The maximum absolute atomic E-state index is 13.3. The van der Waals surface area contributed by atoms with E-state index in [1.54, 1.807) is 30.3 Å². The van der Waals surface area contributed by atoms with Crippen LogP contribution in [0.15, 0.2) is 65.7 Å². The number of benzene rings is 2. The van der Waals surface area contributed by atoms with Crippen molar-refractivity contribution in [3.05, 3.63) is 66.5 Å². The van der Waals surface area contributed by atoms with Crippen LogP contribution < -0.4 is 0 Å². The van der Waals surface area contributed by atoms with Gasteiger partial charge in [-0.2, -0.15) is 5.10 Å². The maximum atomic E-state index is 13.3. The number of nitrogens with zero attached hydrogens (tertiary/aromatic N) is 2. The molecule has 0 saturated carbocycles. The van der Waals surface area contributed by atoms with Gasteiger partial charge in [-0.15, -0.1) is 0 Å². The molecule has 0 amide bonds. The molecule has 124 valence electrons. The van der Waals surface area contributed by atoms with Crippen LogP contribution in [-0.4, -0.2) is 24.5 Å². The maximum Gasteiger partial charge on any atom is 0.282 e. The van der Waals surface area contributed by atoms with E-state index in [1.165, 1.54) is 35.1 Å². The number of sulfone groups is 1. The van der Waals surface area contributed by atoms with Crippen LogP contribution in [0.4, 0.5) is 8.78 Å². The topological polar surface area (TPSA) is 52.0 Å². The van der Waals surface area contributed by atoms with Gasteiger partial charge in [0.2, 0.25) is 0 Å². The van der Waals surface area contributed by atoms with E-state index in [9.17, 15) is 17.2 Å². The van der Waals surface area contributed by atoms with Crippen molar-refractivity contribution in [2.75, 3.05) is 6.26 Å². The third-order valence-corrected chi connectivity index (χ3v) is 4.69. The van der Waals surface area contributed by atoms with E-state index in [4.69, 9.17) is 0 Å². The van der Waals surface area contributed by atoms with Gasteiger partial charge >= 0.3 is 0 Å². The summed E-state index contributed by atoms with van der Waals surface area (Å²) < 4.78 is 50.9. The molecule has 24 heavy (non-hydrogen) atoms. The highest BCUT2D eigenvalue weighted by atomic mass is 32.2. The van der Waals surface area contributed by atoms with Gasteiger partial charge in [0.25, 0.3) is 6.43 Å². The molecule has 0 aliphatic heterocycles. The second-order valence-electron chi connectivity index (χ2n) is 5.31. The molecule has 0 bridgehead atoms. The Kier molecular flexibility index (Phi) is 4.19. The van der Waals surface area contributed by atoms with Gasteiger partial charge < -0.3 is 0 Å². The monoisotopic (exact) mass is 348 g/mol. The molecule has 7 heteroatoms. The van der Waals surface area contributed by atoms with E-state index >= 15 is 0 Å². The molecule has 0 spiro atoms. The molecular weight excluding hydrogens is 334 g/mol. The Morgan fingerprint density at radius 3 is 2.17 bits per heavy atom. The van der Waals surface area contributed by atoms with Crippen LogP contribution in [0.2, 0.25) is 0 Å². The van der Waals surface area contributed by atoms with Crippen LogP contribution in [0.3, 0.4) is 0 Å². The molecule has 0 aliphatic carbocycles. The van der Waals surface area contributed by atoms with E-state index in [2.05, 4.69) is 5.10 Å². The summed E-state index contributed by atoms with van der Waals surface area (Å²) in [4.78, 5) is 0.163. The van der Waals surface area contributed by atoms with Gasteiger partial charge in [-0.25, -0.2) is 21.9 Å². The lowest BCUT2D eigenvalue weighted by atomic mass is 10.1. The minimum atomic E-state index is -3.31. The summed E-state index contributed by atoms with van der Waals surface area (Å²) in [5.41, 5.74) is 1.18. The molecule has 1 heterocycles. The zero-order chi connectivity index (χ0) is 17.3. The molecule has 0 N–H and O–H groups in total. The highest BCUT2D eigenvalue weighted by Gasteiger charge is 2.20. The van der Waals surface area contributed by atoms with E-state index in [0.717, 1.165) is 6.26 Å². The summed E-state index contributed by atoms with van der Waals surface area (Å²) in [5.74, 6) is 0. The Bertz CT molecular complexity index is 950. The van der Waals surface area contributed by atoms with Gasteiger partial charge in [0.15, 0.2) is 9.84 Å². The SMILES string of the molecule is CS(=O)(=O)c1ccc(-n2cc(-c3ccccc3)c(C(F)F)n2)cc1. The largest absolute Gasteiger partial charge is 0.282 e. The lowest BCUT2D eigenvalue weighted by Gasteiger charge is -2.03. The molecule has 3 aromatic rings. The summed E-state index contributed by atoms with van der Waals surface area (Å²) >= 11 is 0. The number of hydrogen-bond acceptors (Lipinski definition) is 3. The fourth-order valence-corrected chi connectivity index (χ4v) is 3.00. The highest BCUT2D eigenvalue weighted by Crippen LogP contribution is 2.31. The number of aromatic nitrogens is 2.